The van der Waals surface area contributed by atoms with E-state index in [0.29, 0.717) is 5.92 Å². The van der Waals surface area contributed by atoms with Gasteiger partial charge in [0.05, 0.1) is 5.69 Å². The average Bonchev–Trinajstić information content (AvgIpc) is 2.46. The van der Waals surface area contributed by atoms with Gasteiger partial charge in [-0.3, -0.25) is 0 Å². The molecule has 1 heterocycles. The van der Waals surface area contributed by atoms with Crippen molar-refractivity contribution < 1.29 is 0 Å². The highest BCUT2D eigenvalue weighted by Gasteiger charge is 2.05. The second-order valence-corrected chi connectivity index (χ2v) is 5.90. The van der Waals surface area contributed by atoms with Crippen molar-refractivity contribution >= 4 is 0 Å². The van der Waals surface area contributed by atoms with E-state index in [4.69, 9.17) is 0 Å². The number of rotatable bonds is 6. The van der Waals surface area contributed by atoms with E-state index in [2.05, 4.69) is 66.4 Å². The Morgan fingerprint density at radius 1 is 1.10 bits per heavy atom. The van der Waals surface area contributed by atoms with Crippen LogP contribution >= 0.6 is 0 Å². The van der Waals surface area contributed by atoms with Crippen LogP contribution < -0.4 is 5.32 Å². The van der Waals surface area contributed by atoms with Gasteiger partial charge in [0, 0.05) is 17.8 Å². The summed E-state index contributed by atoms with van der Waals surface area (Å²) in [6.45, 7) is 10.4. The molecule has 0 aliphatic heterocycles. The lowest BCUT2D eigenvalue weighted by Gasteiger charge is -2.09. The van der Waals surface area contributed by atoms with E-state index in [9.17, 15) is 0 Å². The third-order valence-electron chi connectivity index (χ3n) is 3.39. The van der Waals surface area contributed by atoms with E-state index in [-0.39, 0.29) is 0 Å². The van der Waals surface area contributed by atoms with E-state index >= 15 is 0 Å². The first-order valence-corrected chi connectivity index (χ1v) is 7.73. The zero-order chi connectivity index (χ0) is 15.2. The molecule has 3 heteroatoms. The highest BCUT2D eigenvalue weighted by atomic mass is 14.9. The lowest BCUT2D eigenvalue weighted by atomic mass is 10.1. The Kier molecular flexibility index (Phi) is 5.45. The summed E-state index contributed by atoms with van der Waals surface area (Å²) in [4.78, 5) is 9.25. The molecule has 1 aromatic carbocycles. The van der Waals surface area contributed by atoms with E-state index in [1.165, 1.54) is 5.56 Å². The molecule has 0 saturated heterocycles. The molecule has 0 fully saturated rings. The first-order chi connectivity index (χ1) is 10.1. The van der Waals surface area contributed by atoms with Crippen molar-refractivity contribution in [3.8, 4) is 11.4 Å². The minimum atomic E-state index is 0.647. The van der Waals surface area contributed by atoms with Crippen molar-refractivity contribution in [1.82, 2.24) is 15.3 Å². The molecule has 0 bridgehead atoms. The highest BCUT2D eigenvalue weighted by Crippen LogP contribution is 2.17. The lowest BCUT2D eigenvalue weighted by Crippen LogP contribution is -2.20. The molecule has 2 rings (SSSR count). The van der Waals surface area contributed by atoms with Crippen molar-refractivity contribution in [2.75, 3.05) is 6.54 Å². The molecule has 112 valence electrons. The van der Waals surface area contributed by atoms with E-state index in [0.717, 1.165) is 42.3 Å². The molecule has 1 aromatic heterocycles. The van der Waals surface area contributed by atoms with Crippen LogP contribution in [0.25, 0.3) is 11.4 Å². The molecule has 0 atom stereocenters. The molecule has 0 unspecified atom stereocenters. The molecule has 0 spiro atoms. The summed E-state index contributed by atoms with van der Waals surface area (Å²) in [7, 11) is 0. The van der Waals surface area contributed by atoms with Crippen molar-refractivity contribution in [2.24, 2.45) is 5.92 Å². The minimum Gasteiger partial charge on any atom is -0.311 e. The lowest BCUT2D eigenvalue weighted by molar-refractivity contribution is 0.548. The van der Waals surface area contributed by atoms with Crippen molar-refractivity contribution in [3.63, 3.8) is 0 Å². The first kappa shape index (κ1) is 15.6. The van der Waals surface area contributed by atoms with Gasteiger partial charge in [0.25, 0.3) is 0 Å². The van der Waals surface area contributed by atoms with Crippen LogP contribution in [0.1, 0.15) is 37.7 Å². The van der Waals surface area contributed by atoms with E-state index in [1.54, 1.807) is 0 Å². The van der Waals surface area contributed by atoms with Gasteiger partial charge < -0.3 is 5.32 Å². The summed E-state index contributed by atoms with van der Waals surface area (Å²) in [5.74, 6) is 1.47. The number of nitrogens with one attached hydrogen (secondary N) is 1. The van der Waals surface area contributed by atoms with Gasteiger partial charge in [-0.05, 0) is 37.4 Å². The normalized spacial score (nSPS) is 11.1. The van der Waals surface area contributed by atoms with Crippen LogP contribution in [0.15, 0.2) is 30.3 Å². The fourth-order valence-corrected chi connectivity index (χ4v) is 2.23. The summed E-state index contributed by atoms with van der Waals surface area (Å²) < 4.78 is 0. The Hall–Kier alpha value is -1.74. The SMILES string of the molecule is CCc1ccc(-c2nc(C)cc(CNCC(C)C)n2)cc1. The molecule has 3 nitrogen and oxygen atoms in total. The summed E-state index contributed by atoms with van der Waals surface area (Å²) in [5, 5.41) is 3.43. The summed E-state index contributed by atoms with van der Waals surface area (Å²) in [6.07, 6.45) is 1.05. The first-order valence-electron chi connectivity index (χ1n) is 7.73. The van der Waals surface area contributed by atoms with Gasteiger partial charge in [0.15, 0.2) is 5.82 Å². The Bertz CT molecular complexity index is 574. The van der Waals surface area contributed by atoms with E-state index < -0.39 is 0 Å². The molecule has 0 saturated carbocycles. The average molecular weight is 283 g/mol. The smallest absolute Gasteiger partial charge is 0.159 e. The molecule has 0 amide bonds. The van der Waals surface area contributed by atoms with Gasteiger partial charge in [0.1, 0.15) is 0 Å². The third kappa shape index (κ3) is 4.64. The standard InChI is InChI=1S/C18H25N3/c1-5-15-6-8-16(9-7-15)18-20-14(4)10-17(21-18)12-19-11-13(2)3/h6-10,13,19H,5,11-12H2,1-4H3. The van der Waals surface area contributed by atoms with Gasteiger partial charge in [-0.2, -0.15) is 0 Å². The fourth-order valence-electron chi connectivity index (χ4n) is 2.23. The van der Waals surface area contributed by atoms with Crippen molar-refractivity contribution in [2.45, 2.75) is 40.7 Å². The van der Waals surface area contributed by atoms with Crippen LogP contribution in [0, 0.1) is 12.8 Å². The summed E-state index contributed by atoms with van der Waals surface area (Å²) >= 11 is 0. The Morgan fingerprint density at radius 2 is 1.81 bits per heavy atom. The van der Waals surface area contributed by atoms with Gasteiger partial charge in [-0.25, -0.2) is 9.97 Å². The number of benzene rings is 1. The predicted octanol–water partition coefficient (Wildman–Crippen LogP) is 3.76. The van der Waals surface area contributed by atoms with Crippen LogP contribution in [0.3, 0.4) is 0 Å². The van der Waals surface area contributed by atoms with Gasteiger partial charge in [-0.1, -0.05) is 45.0 Å². The van der Waals surface area contributed by atoms with Crippen LogP contribution in [0.5, 0.6) is 0 Å². The number of aryl methyl sites for hydroxylation is 2. The van der Waals surface area contributed by atoms with Crippen LogP contribution in [-0.2, 0) is 13.0 Å². The maximum Gasteiger partial charge on any atom is 0.159 e. The number of hydrogen-bond acceptors (Lipinski definition) is 3. The van der Waals surface area contributed by atoms with Crippen molar-refractivity contribution in [1.29, 1.82) is 0 Å². The summed E-state index contributed by atoms with van der Waals surface area (Å²) in [5.41, 5.74) is 4.49. The highest BCUT2D eigenvalue weighted by molar-refractivity contribution is 5.55. The van der Waals surface area contributed by atoms with E-state index in [1.807, 2.05) is 6.92 Å². The molecule has 0 aliphatic rings. The molecule has 0 radical (unpaired) electrons. The second kappa shape index (κ2) is 7.32. The molecule has 2 aromatic rings. The van der Waals surface area contributed by atoms with Crippen molar-refractivity contribution in [3.05, 3.63) is 47.3 Å². The topological polar surface area (TPSA) is 37.8 Å². The van der Waals surface area contributed by atoms with Gasteiger partial charge >= 0.3 is 0 Å². The van der Waals surface area contributed by atoms with Crippen LogP contribution in [-0.4, -0.2) is 16.5 Å². The van der Waals surface area contributed by atoms with Crippen LogP contribution in [0.4, 0.5) is 0 Å². The second-order valence-electron chi connectivity index (χ2n) is 5.90. The minimum absolute atomic E-state index is 0.647. The monoisotopic (exact) mass is 283 g/mol. The number of nitrogens with zero attached hydrogens (tertiary/aromatic N) is 2. The quantitative estimate of drug-likeness (QED) is 0.877. The summed E-state index contributed by atoms with van der Waals surface area (Å²) in [6, 6.07) is 10.6. The number of aromatic nitrogens is 2. The predicted molar refractivity (Wildman–Crippen MR) is 88.1 cm³/mol. The zero-order valence-corrected chi connectivity index (χ0v) is 13.5. The van der Waals surface area contributed by atoms with Gasteiger partial charge in [-0.15, -0.1) is 0 Å². The Labute approximate surface area is 127 Å². The maximum absolute atomic E-state index is 4.68. The van der Waals surface area contributed by atoms with Gasteiger partial charge in [0.2, 0.25) is 0 Å². The molecule has 1 N–H and O–H groups in total. The molecular formula is C18H25N3. The molecule has 21 heavy (non-hydrogen) atoms. The Morgan fingerprint density at radius 3 is 2.43 bits per heavy atom. The fraction of sp³-hybridized carbons (Fsp3) is 0.444. The zero-order valence-electron chi connectivity index (χ0n) is 13.5. The maximum atomic E-state index is 4.68. The Balaban J connectivity index is 2.17. The third-order valence-corrected chi connectivity index (χ3v) is 3.39. The molecular weight excluding hydrogens is 258 g/mol. The number of hydrogen-bond donors (Lipinski definition) is 1. The van der Waals surface area contributed by atoms with Crippen LogP contribution in [0.2, 0.25) is 0 Å². The largest absolute Gasteiger partial charge is 0.311 e. The molecule has 0 aliphatic carbocycles.